The fourth-order valence-corrected chi connectivity index (χ4v) is 2.79. The van der Waals surface area contributed by atoms with Crippen LogP contribution in [0.5, 0.6) is 0 Å². The Morgan fingerprint density at radius 2 is 1.41 bits per heavy atom. The monoisotopic (exact) mass is 368 g/mol. The minimum Gasteiger partial charge on any atom is -0.480 e. The van der Waals surface area contributed by atoms with Gasteiger partial charge in [-0.15, -0.1) is 0 Å². The summed E-state index contributed by atoms with van der Waals surface area (Å²) in [6.07, 6.45) is 1.09. The summed E-state index contributed by atoms with van der Waals surface area (Å²) < 4.78 is 0. The van der Waals surface area contributed by atoms with Crippen LogP contribution in [0.2, 0.25) is 0 Å². The van der Waals surface area contributed by atoms with Crippen LogP contribution in [0.25, 0.3) is 0 Å². The third kappa shape index (κ3) is 6.93. The van der Waals surface area contributed by atoms with Crippen molar-refractivity contribution in [3.05, 3.63) is 71.8 Å². The molecule has 2 amide bonds. The van der Waals surface area contributed by atoms with Gasteiger partial charge < -0.3 is 15.7 Å². The number of carbonyl (C=O) groups is 3. The minimum absolute atomic E-state index is 0.267. The molecule has 0 fully saturated rings. The first kappa shape index (κ1) is 20.2. The summed E-state index contributed by atoms with van der Waals surface area (Å²) in [7, 11) is 0. The third-order valence-corrected chi connectivity index (χ3v) is 4.16. The predicted octanol–water partition coefficient (Wildman–Crippen LogP) is 1.94. The number of amides is 2. The fraction of sp³-hybridized carbons (Fsp3) is 0.286. The van der Waals surface area contributed by atoms with E-state index in [1.54, 1.807) is 0 Å². The Morgan fingerprint density at radius 1 is 0.852 bits per heavy atom. The van der Waals surface area contributed by atoms with Crippen LogP contribution < -0.4 is 10.6 Å². The molecule has 2 aromatic rings. The van der Waals surface area contributed by atoms with E-state index in [0.29, 0.717) is 6.42 Å². The molecule has 0 spiro atoms. The molecule has 6 heteroatoms. The van der Waals surface area contributed by atoms with Gasteiger partial charge in [-0.1, -0.05) is 60.7 Å². The van der Waals surface area contributed by atoms with E-state index in [0.717, 1.165) is 11.1 Å². The molecular formula is C21H24N2O4. The van der Waals surface area contributed by atoms with Crippen LogP contribution in [0.3, 0.4) is 0 Å². The number of benzene rings is 2. The minimum atomic E-state index is -1.10. The molecule has 2 atom stereocenters. The first-order valence-electron chi connectivity index (χ1n) is 8.84. The molecule has 3 N–H and O–H groups in total. The quantitative estimate of drug-likeness (QED) is 0.630. The number of carboxylic acids is 1. The second kappa shape index (κ2) is 10.1. The zero-order chi connectivity index (χ0) is 19.6. The molecule has 0 heterocycles. The maximum Gasteiger partial charge on any atom is 0.326 e. The van der Waals surface area contributed by atoms with E-state index < -0.39 is 24.0 Å². The Balaban J connectivity index is 2.02. The molecule has 27 heavy (non-hydrogen) atoms. The van der Waals surface area contributed by atoms with E-state index in [9.17, 15) is 19.5 Å². The number of nitrogens with one attached hydrogen (secondary N) is 2. The number of carbonyl (C=O) groups excluding carboxylic acids is 2. The molecule has 0 unspecified atom stereocenters. The lowest BCUT2D eigenvalue weighted by molar-refractivity contribution is -0.142. The summed E-state index contributed by atoms with van der Waals surface area (Å²) >= 11 is 0. The van der Waals surface area contributed by atoms with Gasteiger partial charge in [-0.25, -0.2) is 4.79 Å². The van der Waals surface area contributed by atoms with Crippen molar-refractivity contribution in [3.63, 3.8) is 0 Å². The van der Waals surface area contributed by atoms with E-state index in [-0.39, 0.29) is 18.7 Å². The molecule has 2 rings (SSSR count). The van der Waals surface area contributed by atoms with Crippen LogP contribution >= 0.6 is 0 Å². The Morgan fingerprint density at radius 3 is 1.93 bits per heavy atom. The molecule has 0 aliphatic carbocycles. The van der Waals surface area contributed by atoms with Gasteiger partial charge in [0, 0.05) is 13.3 Å². The highest BCUT2D eigenvalue weighted by molar-refractivity contribution is 5.90. The lowest BCUT2D eigenvalue weighted by Crippen LogP contribution is -2.52. The molecule has 0 aliphatic rings. The van der Waals surface area contributed by atoms with Gasteiger partial charge in [-0.3, -0.25) is 9.59 Å². The van der Waals surface area contributed by atoms with E-state index >= 15 is 0 Å². The lowest BCUT2D eigenvalue weighted by Gasteiger charge is -2.21. The standard InChI is InChI=1S/C21H24N2O4/c1-15(24)22-19(14-17-10-6-3-7-11-17)20(25)23-18(21(26)27)13-12-16-8-4-2-5-9-16/h2-11,18-19H,12-14H2,1H3,(H,22,24)(H,23,25)(H,26,27)/t18-,19-/m0/s1. The van der Waals surface area contributed by atoms with Crippen LogP contribution in [-0.2, 0) is 27.2 Å². The van der Waals surface area contributed by atoms with Gasteiger partial charge in [0.15, 0.2) is 0 Å². The summed E-state index contributed by atoms with van der Waals surface area (Å²) in [4.78, 5) is 35.6. The number of aliphatic carboxylic acids is 1. The van der Waals surface area contributed by atoms with E-state index in [4.69, 9.17) is 0 Å². The van der Waals surface area contributed by atoms with Crippen molar-refractivity contribution in [2.45, 2.75) is 38.3 Å². The van der Waals surface area contributed by atoms with Gasteiger partial charge in [0.05, 0.1) is 0 Å². The molecule has 0 bridgehead atoms. The van der Waals surface area contributed by atoms with Gasteiger partial charge in [0.25, 0.3) is 0 Å². The summed E-state index contributed by atoms with van der Waals surface area (Å²) in [5.74, 6) is -1.95. The van der Waals surface area contributed by atoms with Gasteiger partial charge in [-0.05, 0) is 24.0 Å². The average Bonchev–Trinajstić information content (AvgIpc) is 2.65. The summed E-state index contributed by atoms with van der Waals surface area (Å²) in [5.41, 5.74) is 1.88. The molecular weight excluding hydrogens is 344 g/mol. The van der Waals surface area contributed by atoms with E-state index in [1.165, 1.54) is 6.92 Å². The Hall–Kier alpha value is -3.15. The van der Waals surface area contributed by atoms with Crippen molar-refractivity contribution in [1.82, 2.24) is 10.6 Å². The zero-order valence-electron chi connectivity index (χ0n) is 15.2. The zero-order valence-corrected chi connectivity index (χ0v) is 15.2. The predicted molar refractivity (Wildman–Crippen MR) is 102 cm³/mol. The van der Waals surface area contributed by atoms with Crippen LogP contribution in [0.15, 0.2) is 60.7 Å². The first-order valence-corrected chi connectivity index (χ1v) is 8.84. The lowest BCUT2D eigenvalue weighted by atomic mass is 10.0. The SMILES string of the molecule is CC(=O)N[C@@H](Cc1ccccc1)C(=O)N[C@@H](CCc1ccccc1)C(=O)O. The topological polar surface area (TPSA) is 95.5 Å². The Bertz CT molecular complexity index is 762. The largest absolute Gasteiger partial charge is 0.480 e. The second-order valence-corrected chi connectivity index (χ2v) is 6.37. The number of rotatable bonds is 9. The maximum atomic E-state index is 12.6. The highest BCUT2D eigenvalue weighted by Gasteiger charge is 2.26. The van der Waals surface area contributed by atoms with Crippen LogP contribution in [0, 0.1) is 0 Å². The highest BCUT2D eigenvalue weighted by Crippen LogP contribution is 2.08. The number of hydrogen-bond acceptors (Lipinski definition) is 3. The van der Waals surface area contributed by atoms with Crippen LogP contribution in [0.1, 0.15) is 24.5 Å². The van der Waals surface area contributed by atoms with Crippen molar-refractivity contribution in [2.24, 2.45) is 0 Å². The first-order chi connectivity index (χ1) is 13.0. The number of aryl methyl sites for hydroxylation is 1. The number of carboxylic acid groups (broad SMARTS) is 1. The molecule has 0 saturated carbocycles. The maximum absolute atomic E-state index is 12.6. The smallest absolute Gasteiger partial charge is 0.326 e. The van der Waals surface area contributed by atoms with E-state index in [1.807, 2.05) is 60.7 Å². The molecule has 0 aliphatic heterocycles. The van der Waals surface area contributed by atoms with Crippen LogP contribution in [-0.4, -0.2) is 35.0 Å². The van der Waals surface area contributed by atoms with Crippen molar-refractivity contribution < 1.29 is 19.5 Å². The molecule has 2 aromatic carbocycles. The van der Waals surface area contributed by atoms with Crippen molar-refractivity contribution >= 4 is 17.8 Å². The van der Waals surface area contributed by atoms with Gasteiger partial charge in [0.2, 0.25) is 11.8 Å². The number of hydrogen-bond donors (Lipinski definition) is 3. The Labute approximate surface area is 158 Å². The summed E-state index contributed by atoms with van der Waals surface area (Å²) in [5, 5.41) is 14.6. The fourth-order valence-electron chi connectivity index (χ4n) is 2.79. The summed E-state index contributed by atoms with van der Waals surface area (Å²) in [6, 6.07) is 16.9. The molecule has 0 radical (unpaired) electrons. The molecule has 6 nitrogen and oxygen atoms in total. The van der Waals surface area contributed by atoms with E-state index in [2.05, 4.69) is 10.6 Å². The van der Waals surface area contributed by atoms with Gasteiger partial charge in [-0.2, -0.15) is 0 Å². The van der Waals surface area contributed by atoms with Gasteiger partial charge in [0.1, 0.15) is 12.1 Å². The highest BCUT2D eigenvalue weighted by atomic mass is 16.4. The normalized spacial score (nSPS) is 12.6. The third-order valence-electron chi connectivity index (χ3n) is 4.16. The van der Waals surface area contributed by atoms with Crippen molar-refractivity contribution in [3.8, 4) is 0 Å². The Kier molecular flexibility index (Phi) is 7.55. The average molecular weight is 368 g/mol. The van der Waals surface area contributed by atoms with Crippen molar-refractivity contribution in [2.75, 3.05) is 0 Å². The molecule has 142 valence electrons. The van der Waals surface area contributed by atoms with Crippen LogP contribution in [0.4, 0.5) is 0 Å². The molecule has 0 saturated heterocycles. The molecule has 0 aromatic heterocycles. The summed E-state index contributed by atoms with van der Waals surface area (Å²) in [6.45, 7) is 1.33. The second-order valence-electron chi connectivity index (χ2n) is 6.37. The van der Waals surface area contributed by atoms with Gasteiger partial charge >= 0.3 is 5.97 Å². The van der Waals surface area contributed by atoms with Crippen molar-refractivity contribution in [1.29, 1.82) is 0 Å².